The Labute approximate surface area is 94.8 Å². The zero-order valence-corrected chi connectivity index (χ0v) is 10.0. The van der Waals surface area contributed by atoms with Crippen molar-refractivity contribution in [3.63, 3.8) is 0 Å². The molecule has 0 heterocycles. The van der Waals surface area contributed by atoms with Crippen LogP contribution in [0.15, 0.2) is 0 Å². The van der Waals surface area contributed by atoms with Crippen LogP contribution >= 0.6 is 0 Å². The van der Waals surface area contributed by atoms with E-state index in [2.05, 4.69) is 9.47 Å². The van der Waals surface area contributed by atoms with E-state index in [1.165, 1.54) is 21.3 Å². The summed E-state index contributed by atoms with van der Waals surface area (Å²) < 4.78 is 19.2. The summed E-state index contributed by atoms with van der Waals surface area (Å²) in [6.45, 7) is 2.21. The van der Waals surface area contributed by atoms with Gasteiger partial charge in [-0.3, -0.25) is 9.59 Å². The summed E-state index contributed by atoms with van der Waals surface area (Å²) >= 11 is 0. The Bertz CT molecular complexity index is 211. The Morgan fingerprint density at radius 2 is 1.56 bits per heavy atom. The van der Waals surface area contributed by atoms with Crippen molar-refractivity contribution in [2.45, 2.75) is 19.6 Å². The SMILES string of the molecule is CCOC(CC(C(=O)OC)C(=O)OC)OC. The van der Waals surface area contributed by atoms with Crippen LogP contribution in [0, 0.1) is 5.92 Å². The number of esters is 2. The molecule has 94 valence electrons. The highest BCUT2D eigenvalue weighted by Crippen LogP contribution is 2.14. The maximum Gasteiger partial charge on any atom is 0.320 e. The summed E-state index contributed by atoms with van der Waals surface area (Å²) in [5, 5.41) is 0. The molecule has 16 heavy (non-hydrogen) atoms. The van der Waals surface area contributed by atoms with Crippen molar-refractivity contribution in [1.82, 2.24) is 0 Å². The molecule has 1 atom stereocenters. The standard InChI is InChI=1S/C10H18O6/c1-5-16-8(13-2)6-7(9(11)14-3)10(12)15-4/h7-8H,5-6H2,1-4H3. The van der Waals surface area contributed by atoms with Gasteiger partial charge in [-0.05, 0) is 6.92 Å². The molecule has 0 bridgehead atoms. The van der Waals surface area contributed by atoms with E-state index in [1.54, 1.807) is 6.92 Å². The number of ether oxygens (including phenoxy) is 4. The predicted octanol–water partition coefficient (Wildman–Crippen LogP) is 0.348. The Kier molecular flexibility index (Phi) is 7.49. The molecule has 0 fully saturated rings. The third kappa shape index (κ3) is 4.59. The molecule has 0 N–H and O–H groups in total. The first-order valence-electron chi connectivity index (χ1n) is 4.90. The third-order valence-electron chi connectivity index (χ3n) is 2.02. The van der Waals surface area contributed by atoms with Crippen molar-refractivity contribution < 1.29 is 28.5 Å². The fourth-order valence-electron chi connectivity index (χ4n) is 1.18. The predicted molar refractivity (Wildman–Crippen MR) is 54.6 cm³/mol. The number of hydrogen-bond acceptors (Lipinski definition) is 6. The van der Waals surface area contributed by atoms with Crippen molar-refractivity contribution in [1.29, 1.82) is 0 Å². The highest BCUT2D eigenvalue weighted by atomic mass is 16.7. The van der Waals surface area contributed by atoms with Gasteiger partial charge in [0.25, 0.3) is 0 Å². The minimum Gasteiger partial charge on any atom is -0.468 e. The zero-order chi connectivity index (χ0) is 12.6. The van der Waals surface area contributed by atoms with Crippen LogP contribution < -0.4 is 0 Å². The van der Waals surface area contributed by atoms with Crippen LogP contribution in [0.2, 0.25) is 0 Å². The van der Waals surface area contributed by atoms with E-state index in [9.17, 15) is 9.59 Å². The molecular formula is C10H18O6. The summed E-state index contributed by atoms with van der Waals surface area (Å²) in [6, 6.07) is 0. The van der Waals surface area contributed by atoms with Crippen molar-refractivity contribution in [2.24, 2.45) is 5.92 Å². The largest absolute Gasteiger partial charge is 0.468 e. The molecule has 1 unspecified atom stereocenters. The fourth-order valence-corrected chi connectivity index (χ4v) is 1.18. The molecule has 0 amide bonds. The number of hydrogen-bond donors (Lipinski definition) is 0. The van der Waals surface area contributed by atoms with E-state index in [4.69, 9.17) is 9.47 Å². The van der Waals surface area contributed by atoms with Gasteiger partial charge in [0, 0.05) is 20.1 Å². The second kappa shape index (κ2) is 8.06. The number of rotatable bonds is 7. The van der Waals surface area contributed by atoms with E-state index < -0.39 is 24.1 Å². The first-order chi connectivity index (χ1) is 7.60. The van der Waals surface area contributed by atoms with Crippen LogP contribution in [0.3, 0.4) is 0 Å². The summed E-state index contributed by atoms with van der Waals surface area (Å²) in [5.41, 5.74) is 0. The van der Waals surface area contributed by atoms with Gasteiger partial charge in [0.1, 0.15) is 0 Å². The molecule has 0 saturated carbocycles. The number of carbonyl (C=O) groups is 2. The minimum atomic E-state index is -1.02. The third-order valence-corrected chi connectivity index (χ3v) is 2.02. The van der Waals surface area contributed by atoms with Gasteiger partial charge in [-0.2, -0.15) is 0 Å². The van der Waals surface area contributed by atoms with Crippen LogP contribution in [0.5, 0.6) is 0 Å². The normalized spacial score (nSPS) is 12.3. The Morgan fingerprint density at radius 3 is 1.88 bits per heavy atom. The lowest BCUT2D eigenvalue weighted by Crippen LogP contribution is -2.32. The van der Waals surface area contributed by atoms with Crippen LogP contribution in [0.25, 0.3) is 0 Å². The van der Waals surface area contributed by atoms with E-state index in [1.807, 2.05) is 0 Å². The van der Waals surface area contributed by atoms with Gasteiger partial charge >= 0.3 is 11.9 Å². The van der Waals surface area contributed by atoms with Gasteiger partial charge in [0.2, 0.25) is 0 Å². The number of carbonyl (C=O) groups excluding carboxylic acids is 2. The van der Waals surface area contributed by atoms with E-state index in [0.717, 1.165) is 0 Å². The summed E-state index contributed by atoms with van der Waals surface area (Å²) in [4.78, 5) is 22.7. The Hall–Kier alpha value is -1.14. The zero-order valence-electron chi connectivity index (χ0n) is 10.0. The van der Waals surface area contributed by atoms with Crippen molar-refractivity contribution in [3.8, 4) is 0 Å². The molecular weight excluding hydrogens is 216 g/mol. The van der Waals surface area contributed by atoms with Gasteiger partial charge in [-0.25, -0.2) is 0 Å². The Balaban J connectivity index is 4.51. The highest BCUT2D eigenvalue weighted by molar-refractivity contribution is 5.94. The molecule has 0 spiro atoms. The second-order valence-electron chi connectivity index (χ2n) is 2.96. The van der Waals surface area contributed by atoms with Crippen molar-refractivity contribution in [2.75, 3.05) is 27.9 Å². The molecule has 0 aliphatic carbocycles. The molecule has 0 saturated heterocycles. The molecule has 0 aliphatic rings. The van der Waals surface area contributed by atoms with Gasteiger partial charge in [-0.1, -0.05) is 0 Å². The van der Waals surface area contributed by atoms with Gasteiger partial charge < -0.3 is 18.9 Å². The monoisotopic (exact) mass is 234 g/mol. The maximum atomic E-state index is 11.3. The molecule has 0 aromatic heterocycles. The topological polar surface area (TPSA) is 71.1 Å². The van der Waals surface area contributed by atoms with Gasteiger partial charge in [0.15, 0.2) is 12.2 Å². The summed E-state index contributed by atoms with van der Waals surface area (Å²) in [5.74, 6) is -2.34. The lowest BCUT2D eigenvalue weighted by atomic mass is 10.1. The van der Waals surface area contributed by atoms with E-state index >= 15 is 0 Å². The smallest absolute Gasteiger partial charge is 0.320 e. The lowest BCUT2D eigenvalue weighted by molar-refractivity contribution is -0.170. The molecule has 6 nitrogen and oxygen atoms in total. The number of methoxy groups -OCH3 is 3. The van der Waals surface area contributed by atoms with Gasteiger partial charge in [-0.15, -0.1) is 0 Å². The van der Waals surface area contributed by atoms with E-state index in [-0.39, 0.29) is 6.42 Å². The highest BCUT2D eigenvalue weighted by Gasteiger charge is 2.31. The van der Waals surface area contributed by atoms with E-state index in [0.29, 0.717) is 6.61 Å². The van der Waals surface area contributed by atoms with Gasteiger partial charge in [0.05, 0.1) is 14.2 Å². The average molecular weight is 234 g/mol. The lowest BCUT2D eigenvalue weighted by Gasteiger charge is -2.19. The van der Waals surface area contributed by atoms with Crippen LogP contribution in [-0.4, -0.2) is 46.2 Å². The molecule has 0 rings (SSSR count). The van der Waals surface area contributed by atoms with Crippen molar-refractivity contribution >= 4 is 11.9 Å². The molecule has 0 aromatic rings. The second-order valence-corrected chi connectivity index (χ2v) is 2.96. The molecule has 0 radical (unpaired) electrons. The first-order valence-corrected chi connectivity index (χ1v) is 4.90. The fraction of sp³-hybridized carbons (Fsp3) is 0.800. The summed E-state index contributed by atoms with van der Waals surface area (Å²) in [6.07, 6.45) is -0.558. The van der Waals surface area contributed by atoms with Crippen LogP contribution in [-0.2, 0) is 28.5 Å². The average Bonchev–Trinajstić information content (AvgIpc) is 2.32. The minimum absolute atomic E-state index is 0.0731. The van der Waals surface area contributed by atoms with Crippen molar-refractivity contribution in [3.05, 3.63) is 0 Å². The maximum absolute atomic E-state index is 11.3. The molecule has 0 aromatic carbocycles. The quantitative estimate of drug-likeness (QED) is 0.359. The summed E-state index contributed by atoms with van der Waals surface area (Å²) in [7, 11) is 3.85. The Morgan fingerprint density at radius 1 is 1.06 bits per heavy atom. The van der Waals surface area contributed by atoms with Crippen LogP contribution in [0.1, 0.15) is 13.3 Å². The molecule has 0 aliphatic heterocycles. The van der Waals surface area contributed by atoms with Crippen LogP contribution in [0.4, 0.5) is 0 Å². The first kappa shape index (κ1) is 14.9. The molecule has 6 heteroatoms.